The second-order valence-corrected chi connectivity index (χ2v) is 4.89. The number of carboxylic acid groups (broad SMARTS) is 1. The average molecular weight is 267 g/mol. The van der Waals surface area contributed by atoms with Gasteiger partial charge in [0.25, 0.3) is 0 Å². The first-order valence-corrected chi connectivity index (χ1v) is 5.73. The Kier molecular flexibility index (Phi) is 4.24. The Bertz CT molecular complexity index is 341. The molecule has 0 aromatic heterocycles. The zero-order chi connectivity index (χ0) is 14.1. The van der Waals surface area contributed by atoms with E-state index in [1.54, 1.807) is 13.8 Å². The predicted molar refractivity (Wildman–Crippen MR) is 56.7 cm³/mol. The molecule has 18 heavy (non-hydrogen) atoms. The lowest BCUT2D eigenvalue weighted by Crippen LogP contribution is -2.51. The summed E-state index contributed by atoms with van der Waals surface area (Å²) in [5.74, 6) is -4.09. The van der Waals surface area contributed by atoms with Crippen LogP contribution in [-0.2, 0) is 9.59 Å². The number of hydrogen-bond acceptors (Lipinski definition) is 2. The third kappa shape index (κ3) is 3.14. The normalized spacial score (nSPS) is 25.3. The van der Waals surface area contributed by atoms with E-state index in [0.717, 1.165) is 0 Å². The van der Waals surface area contributed by atoms with Crippen LogP contribution in [0.1, 0.15) is 20.3 Å². The van der Waals surface area contributed by atoms with Crippen LogP contribution in [0.4, 0.5) is 13.2 Å². The summed E-state index contributed by atoms with van der Waals surface area (Å²) >= 11 is 0. The van der Waals surface area contributed by atoms with E-state index in [-0.39, 0.29) is 25.4 Å². The van der Waals surface area contributed by atoms with E-state index in [0.29, 0.717) is 4.90 Å². The summed E-state index contributed by atoms with van der Waals surface area (Å²) < 4.78 is 36.9. The molecule has 0 aromatic carbocycles. The van der Waals surface area contributed by atoms with Crippen LogP contribution in [0.25, 0.3) is 0 Å². The second kappa shape index (κ2) is 5.16. The highest BCUT2D eigenvalue weighted by Gasteiger charge is 2.46. The molecule has 104 valence electrons. The van der Waals surface area contributed by atoms with E-state index in [1.807, 2.05) is 0 Å². The molecule has 0 aromatic rings. The number of likely N-dealkylation sites (tertiary alicyclic amines) is 1. The number of carbonyl (C=O) groups excluding carboxylic acids is 1. The molecule has 1 saturated heterocycles. The number of carboxylic acids is 1. The van der Waals surface area contributed by atoms with Gasteiger partial charge in [0, 0.05) is 13.1 Å². The minimum atomic E-state index is -4.89. The highest BCUT2D eigenvalue weighted by Crippen LogP contribution is 2.31. The summed E-state index contributed by atoms with van der Waals surface area (Å²) in [4.78, 5) is 22.8. The van der Waals surface area contributed by atoms with Gasteiger partial charge in [0.05, 0.1) is 5.92 Å². The lowest BCUT2D eigenvalue weighted by atomic mass is 9.78. The topological polar surface area (TPSA) is 57.6 Å². The van der Waals surface area contributed by atoms with Gasteiger partial charge in [0.2, 0.25) is 0 Å². The van der Waals surface area contributed by atoms with Gasteiger partial charge in [-0.1, -0.05) is 13.8 Å². The maximum atomic E-state index is 12.3. The van der Waals surface area contributed by atoms with Gasteiger partial charge in [-0.2, -0.15) is 13.2 Å². The Morgan fingerprint density at radius 2 is 1.89 bits per heavy atom. The van der Waals surface area contributed by atoms with E-state index < -0.39 is 29.9 Å². The van der Waals surface area contributed by atoms with Crippen LogP contribution in [0, 0.1) is 17.8 Å². The van der Waals surface area contributed by atoms with Crippen molar-refractivity contribution in [2.24, 2.45) is 17.8 Å². The molecule has 1 aliphatic rings. The largest absolute Gasteiger partial charge is 0.481 e. The van der Waals surface area contributed by atoms with Gasteiger partial charge in [0.1, 0.15) is 0 Å². The van der Waals surface area contributed by atoms with Crippen molar-refractivity contribution in [3.8, 4) is 0 Å². The lowest BCUT2D eigenvalue weighted by Gasteiger charge is -2.38. The molecule has 0 unspecified atom stereocenters. The molecule has 7 heteroatoms. The Hall–Kier alpha value is -1.27. The lowest BCUT2D eigenvalue weighted by molar-refractivity contribution is -0.189. The maximum absolute atomic E-state index is 12.3. The SMILES string of the molecule is CC(C)[C@H]1CN(C(=O)C(F)(F)F)CC[C@H]1C(=O)O. The van der Waals surface area contributed by atoms with Crippen molar-refractivity contribution in [2.75, 3.05) is 13.1 Å². The Labute approximate surface area is 103 Å². The van der Waals surface area contributed by atoms with Crippen LogP contribution in [0.15, 0.2) is 0 Å². The van der Waals surface area contributed by atoms with E-state index in [9.17, 15) is 22.8 Å². The first-order chi connectivity index (χ1) is 8.14. The summed E-state index contributed by atoms with van der Waals surface area (Å²) in [6.07, 6.45) is -4.82. The van der Waals surface area contributed by atoms with Crippen molar-refractivity contribution in [3.63, 3.8) is 0 Å². The van der Waals surface area contributed by atoms with Crippen molar-refractivity contribution in [1.82, 2.24) is 4.90 Å². The summed E-state index contributed by atoms with van der Waals surface area (Å²) in [7, 11) is 0. The molecule has 0 spiro atoms. The fraction of sp³-hybridized carbons (Fsp3) is 0.818. The molecule has 0 aliphatic carbocycles. The number of piperidine rings is 1. The summed E-state index contributed by atoms with van der Waals surface area (Å²) in [6.45, 7) is 3.20. The summed E-state index contributed by atoms with van der Waals surface area (Å²) in [6, 6.07) is 0. The van der Waals surface area contributed by atoms with Crippen molar-refractivity contribution < 1.29 is 27.9 Å². The van der Waals surface area contributed by atoms with Crippen molar-refractivity contribution >= 4 is 11.9 Å². The average Bonchev–Trinajstić information content (AvgIpc) is 2.25. The number of alkyl halides is 3. The predicted octanol–water partition coefficient (Wildman–Crippen LogP) is 1.75. The maximum Gasteiger partial charge on any atom is 0.471 e. The third-order valence-electron chi connectivity index (χ3n) is 3.36. The first-order valence-electron chi connectivity index (χ1n) is 5.73. The smallest absolute Gasteiger partial charge is 0.471 e. The highest BCUT2D eigenvalue weighted by atomic mass is 19.4. The fourth-order valence-corrected chi connectivity index (χ4v) is 2.33. The monoisotopic (exact) mass is 267 g/mol. The summed E-state index contributed by atoms with van der Waals surface area (Å²) in [5, 5.41) is 9.02. The van der Waals surface area contributed by atoms with E-state index in [1.165, 1.54) is 0 Å². The number of hydrogen-bond donors (Lipinski definition) is 1. The van der Waals surface area contributed by atoms with Crippen LogP contribution < -0.4 is 0 Å². The van der Waals surface area contributed by atoms with E-state index >= 15 is 0 Å². The van der Waals surface area contributed by atoms with Crippen LogP contribution >= 0.6 is 0 Å². The molecule has 1 N–H and O–H groups in total. The van der Waals surface area contributed by atoms with Gasteiger partial charge in [-0.05, 0) is 18.3 Å². The Morgan fingerprint density at radius 3 is 2.28 bits per heavy atom. The molecular weight excluding hydrogens is 251 g/mol. The van der Waals surface area contributed by atoms with Crippen LogP contribution in [-0.4, -0.2) is 41.1 Å². The molecule has 0 saturated carbocycles. The Morgan fingerprint density at radius 1 is 1.33 bits per heavy atom. The number of rotatable bonds is 2. The molecule has 1 heterocycles. The van der Waals surface area contributed by atoms with Crippen molar-refractivity contribution in [3.05, 3.63) is 0 Å². The van der Waals surface area contributed by atoms with Gasteiger partial charge in [-0.15, -0.1) is 0 Å². The van der Waals surface area contributed by atoms with Gasteiger partial charge < -0.3 is 10.0 Å². The van der Waals surface area contributed by atoms with Crippen molar-refractivity contribution in [2.45, 2.75) is 26.4 Å². The zero-order valence-electron chi connectivity index (χ0n) is 10.2. The molecule has 1 amide bonds. The van der Waals surface area contributed by atoms with Gasteiger partial charge in [0.15, 0.2) is 0 Å². The molecule has 0 radical (unpaired) electrons. The number of nitrogens with zero attached hydrogens (tertiary/aromatic N) is 1. The molecule has 2 atom stereocenters. The Balaban J connectivity index is 2.81. The van der Waals surface area contributed by atoms with Crippen LogP contribution in [0.3, 0.4) is 0 Å². The number of amides is 1. The fourth-order valence-electron chi connectivity index (χ4n) is 2.33. The van der Waals surface area contributed by atoms with Gasteiger partial charge >= 0.3 is 18.1 Å². The molecular formula is C11H16F3NO3. The third-order valence-corrected chi connectivity index (χ3v) is 3.36. The minimum absolute atomic E-state index is 0.0694. The highest BCUT2D eigenvalue weighted by molar-refractivity contribution is 5.82. The van der Waals surface area contributed by atoms with E-state index in [4.69, 9.17) is 5.11 Å². The molecule has 1 fully saturated rings. The van der Waals surface area contributed by atoms with E-state index in [2.05, 4.69) is 0 Å². The molecule has 1 rings (SSSR count). The standard InChI is InChI=1S/C11H16F3NO3/c1-6(2)8-5-15(10(18)11(12,13)14)4-3-7(8)9(16)17/h6-8H,3-5H2,1-2H3,(H,16,17)/t7-,8-/m1/s1. The summed E-state index contributed by atoms with van der Waals surface area (Å²) in [5.41, 5.74) is 0. The van der Waals surface area contributed by atoms with Crippen LogP contribution in [0.5, 0.6) is 0 Å². The van der Waals surface area contributed by atoms with Gasteiger partial charge in [-0.3, -0.25) is 9.59 Å². The number of carbonyl (C=O) groups is 2. The number of aliphatic carboxylic acids is 1. The van der Waals surface area contributed by atoms with Crippen LogP contribution in [0.2, 0.25) is 0 Å². The first kappa shape index (κ1) is 14.8. The molecule has 0 bridgehead atoms. The molecule has 4 nitrogen and oxygen atoms in total. The van der Waals surface area contributed by atoms with Gasteiger partial charge in [-0.25, -0.2) is 0 Å². The second-order valence-electron chi connectivity index (χ2n) is 4.89. The zero-order valence-corrected chi connectivity index (χ0v) is 10.2. The molecule has 1 aliphatic heterocycles. The van der Waals surface area contributed by atoms with Crippen molar-refractivity contribution in [1.29, 1.82) is 0 Å². The minimum Gasteiger partial charge on any atom is -0.481 e. The number of halogens is 3. The quantitative estimate of drug-likeness (QED) is 0.829.